The Labute approximate surface area is 113 Å². The van der Waals surface area contributed by atoms with Crippen LogP contribution in [0.2, 0.25) is 5.15 Å². The maximum atomic E-state index is 13.1. The van der Waals surface area contributed by atoms with Crippen molar-refractivity contribution in [3.63, 3.8) is 0 Å². The summed E-state index contributed by atoms with van der Waals surface area (Å²) < 4.78 is 13.1. The second-order valence-electron chi connectivity index (χ2n) is 4.14. The normalized spacial score (nSPS) is 16.9. The lowest BCUT2D eigenvalue weighted by Crippen LogP contribution is -2.19. The Morgan fingerprint density at radius 1 is 1.37 bits per heavy atom. The third kappa shape index (κ3) is 2.13. The lowest BCUT2D eigenvalue weighted by atomic mass is 10.1. The molecule has 3 rings (SSSR count). The van der Waals surface area contributed by atoms with Crippen LogP contribution in [-0.4, -0.2) is 10.9 Å². The molecule has 1 unspecified atom stereocenters. The highest BCUT2D eigenvalue weighted by Crippen LogP contribution is 2.34. The zero-order chi connectivity index (χ0) is 13.4. The molecule has 0 radical (unpaired) electrons. The van der Waals surface area contributed by atoms with Gasteiger partial charge in [-0.1, -0.05) is 17.7 Å². The molecule has 0 saturated carbocycles. The quantitative estimate of drug-likeness (QED) is 0.830. The predicted molar refractivity (Wildman–Crippen MR) is 70.6 cm³/mol. The van der Waals surface area contributed by atoms with Crippen molar-refractivity contribution in [1.82, 2.24) is 4.98 Å². The van der Waals surface area contributed by atoms with Gasteiger partial charge in [0.25, 0.3) is 5.91 Å². The SMILES string of the molecule is O=C1Nc2cc(F)ccc2C1Nc1cccnc1Cl. The molecule has 1 aliphatic heterocycles. The average molecular weight is 278 g/mol. The monoisotopic (exact) mass is 277 g/mol. The topological polar surface area (TPSA) is 54.0 Å². The van der Waals surface area contributed by atoms with Crippen LogP contribution in [0.3, 0.4) is 0 Å². The first kappa shape index (κ1) is 11.9. The lowest BCUT2D eigenvalue weighted by molar-refractivity contribution is -0.116. The van der Waals surface area contributed by atoms with Crippen molar-refractivity contribution in [3.8, 4) is 0 Å². The second-order valence-corrected chi connectivity index (χ2v) is 4.50. The number of hydrogen-bond donors (Lipinski definition) is 2. The van der Waals surface area contributed by atoms with Crippen molar-refractivity contribution in [2.24, 2.45) is 0 Å². The van der Waals surface area contributed by atoms with Crippen molar-refractivity contribution in [3.05, 3.63) is 53.1 Å². The third-order valence-corrected chi connectivity index (χ3v) is 3.21. The molecule has 1 atom stereocenters. The molecule has 1 aromatic heterocycles. The molecular formula is C13H9ClFN3O. The number of anilines is 2. The highest BCUT2D eigenvalue weighted by molar-refractivity contribution is 6.32. The van der Waals surface area contributed by atoms with Crippen LogP contribution in [0.1, 0.15) is 11.6 Å². The zero-order valence-corrected chi connectivity index (χ0v) is 10.4. The molecule has 0 saturated heterocycles. The first-order chi connectivity index (χ1) is 9.15. The van der Waals surface area contributed by atoms with E-state index in [4.69, 9.17) is 11.6 Å². The molecule has 2 N–H and O–H groups in total. The van der Waals surface area contributed by atoms with E-state index in [1.165, 1.54) is 12.1 Å². The number of benzene rings is 1. The van der Waals surface area contributed by atoms with E-state index in [1.807, 2.05) is 0 Å². The molecule has 0 aliphatic carbocycles. The molecule has 0 spiro atoms. The molecule has 1 amide bonds. The molecule has 0 bridgehead atoms. The number of aromatic nitrogens is 1. The van der Waals surface area contributed by atoms with Crippen molar-refractivity contribution < 1.29 is 9.18 Å². The summed E-state index contributed by atoms with van der Waals surface area (Å²) in [4.78, 5) is 15.8. The minimum absolute atomic E-state index is 0.250. The van der Waals surface area contributed by atoms with E-state index in [2.05, 4.69) is 15.6 Å². The summed E-state index contributed by atoms with van der Waals surface area (Å²) in [5.74, 6) is -0.639. The average Bonchev–Trinajstić information content (AvgIpc) is 2.68. The maximum absolute atomic E-state index is 13.1. The minimum atomic E-state index is -0.600. The summed E-state index contributed by atoms with van der Waals surface area (Å²) in [6.45, 7) is 0. The van der Waals surface area contributed by atoms with E-state index in [-0.39, 0.29) is 16.9 Å². The number of nitrogens with one attached hydrogen (secondary N) is 2. The summed E-state index contributed by atoms with van der Waals surface area (Å²) in [6, 6.07) is 7.02. The van der Waals surface area contributed by atoms with Crippen LogP contribution >= 0.6 is 11.6 Å². The first-order valence-electron chi connectivity index (χ1n) is 5.62. The number of fused-ring (bicyclic) bond motifs is 1. The van der Waals surface area contributed by atoms with Gasteiger partial charge in [0.05, 0.1) is 5.69 Å². The summed E-state index contributed by atoms with van der Waals surface area (Å²) in [7, 11) is 0. The highest BCUT2D eigenvalue weighted by atomic mass is 35.5. The molecular weight excluding hydrogens is 269 g/mol. The number of carbonyl (C=O) groups excluding carboxylic acids is 1. The second kappa shape index (κ2) is 4.51. The summed E-state index contributed by atoms with van der Waals surface area (Å²) in [5.41, 5.74) is 1.72. The van der Waals surface area contributed by atoms with Gasteiger partial charge < -0.3 is 10.6 Å². The van der Waals surface area contributed by atoms with Gasteiger partial charge in [-0.2, -0.15) is 0 Å². The van der Waals surface area contributed by atoms with E-state index in [1.54, 1.807) is 24.4 Å². The molecule has 1 aliphatic rings. The van der Waals surface area contributed by atoms with Crippen LogP contribution in [0.15, 0.2) is 36.5 Å². The van der Waals surface area contributed by atoms with E-state index in [0.29, 0.717) is 16.9 Å². The van der Waals surface area contributed by atoms with Gasteiger partial charge in [-0.25, -0.2) is 9.37 Å². The van der Waals surface area contributed by atoms with Gasteiger partial charge >= 0.3 is 0 Å². The van der Waals surface area contributed by atoms with Gasteiger partial charge in [-0.3, -0.25) is 4.79 Å². The Morgan fingerprint density at radius 3 is 3.00 bits per heavy atom. The number of amides is 1. The minimum Gasteiger partial charge on any atom is -0.367 e. The lowest BCUT2D eigenvalue weighted by Gasteiger charge is -2.13. The van der Waals surface area contributed by atoms with Crippen LogP contribution < -0.4 is 10.6 Å². The maximum Gasteiger partial charge on any atom is 0.251 e. The standard InChI is InChI=1S/C13H9ClFN3O/c14-12-9(2-1-5-16-12)17-11-8-4-3-7(15)6-10(8)18-13(11)19/h1-6,11,17H,(H,18,19). The van der Waals surface area contributed by atoms with Crippen LogP contribution in [0.5, 0.6) is 0 Å². The van der Waals surface area contributed by atoms with E-state index >= 15 is 0 Å². The van der Waals surface area contributed by atoms with Gasteiger partial charge in [0.2, 0.25) is 0 Å². The number of pyridine rings is 1. The predicted octanol–water partition coefficient (Wildman–Crippen LogP) is 2.98. The fraction of sp³-hybridized carbons (Fsp3) is 0.0769. The fourth-order valence-electron chi connectivity index (χ4n) is 2.03. The van der Waals surface area contributed by atoms with Crippen LogP contribution in [-0.2, 0) is 4.79 Å². The summed E-state index contributed by atoms with van der Waals surface area (Å²) in [6.07, 6.45) is 1.56. The first-order valence-corrected chi connectivity index (χ1v) is 6.00. The smallest absolute Gasteiger partial charge is 0.251 e. The van der Waals surface area contributed by atoms with E-state index in [0.717, 1.165) is 0 Å². The number of halogens is 2. The molecule has 2 heterocycles. The van der Waals surface area contributed by atoms with Gasteiger partial charge in [-0.05, 0) is 24.3 Å². The number of hydrogen-bond acceptors (Lipinski definition) is 3. The largest absolute Gasteiger partial charge is 0.367 e. The number of nitrogens with zero attached hydrogens (tertiary/aromatic N) is 1. The van der Waals surface area contributed by atoms with Crippen molar-refractivity contribution in [2.45, 2.75) is 6.04 Å². The Bertz CT molecular complexity index is 662. The van der Waals surface area contributed by atoms with Crippen molar-refractivity contribution in [1.29, 1.82) is 0 Å². The van der Waals surface area contributed by atoms with Gasteiger partial charge in [-0.15, -0.1) is 0 Å². The van der Waals surface area contributed by atoms with E-state index < -0.39 is 6.04 Å². The molecule has 96 valence electrons. The fourth-order valence-corrected chi connectivity index (χ4v) is 2.20. The third-order valence-electron chi connectivity index (χ3n) is 2.91. The summed E-state index contributed by atoms with van der Waals surface area (Å²) in [5, 5.41) is 5.91. The van der Waals surface area contributed by atoms with Crippen LogP contribution in [0, 0.1) is 5.82 Å². The molecule has 4 nitrogen and oxygen atoms in total. The molecule has 19 heavy (non-hydrogen) atoms. The zero-order valence-electron chi connectivity index (χ0n) is 9.65. The van der Waals surface area contributed by atoms with Crippen molar-refractivity contribution >= 4 is 28.9 Å². The molecule has 0 fully saturated rings. The number of carbonyl (C=O) groups is 1. The Morgan fingerprint density at radius 2 is 2.21 bits per heavy atom. The Kier molecular flexibility index (Phi) is 2.83. The Balaban J connectivity index is 1.95. The van der Waals surface area contributed by atoms with Gasteiger partial charge in [0.1, 0.15) is 11.9 Å². The van der Waals surface area contributed by atoms with Gasteiger partial charge in [0.15, 0.2) is 5.15 Å². The van der Waals surface area contributed by atoms with Gasteiger partial charge in [0, 0.05) is 17.4 Å². The molecule has 6 heteroatoms. The number of rotatable bonds is 2. The van der Waals surface area contributed by atoms with Crippen molar-refractivity contribution in [2.75, 3.05) is 10.6 Å². The summed E-state index contributed by atoms with van der Waals surface area (Å²) >= 11 is 5.94. The highest BCUT2D eigenvalue weighted by Gasteiger charge is 2.31. The van der Waals surface area contributed by atoms with Crippen LogP contribution in [0.4, 0.5) is 15.8 Å². The van der Waals surface area contributed by atoms with E-state index in [9.17, 15) is 9.18 Å². The Hall–Kier alpha value is -2.14. The van der Waals surface area contributed by atoms with Crippen LogP contribution in [0.25, 0.3) is 0 Å². The molecule has 1 aromatic carbocycles. The molecule has 2 aromatic rings.